The molecular formula is C16H30N2O3. The van der Waals surface area contributed by atoms with Crippen molar-refractivity contribution in [2.24, 2.45) is 0 Å². The van der Waals surface area contributed by atoms with Gasteiger partial charge in [-0.3, -0.25) is 9.69 Å². The summed E-state index contributed by atoms with van der Waals surface area (Å²) < 4.78 is 11.0. The lowest BCUT2D eigenvalue weighted by atomic mass is 10.0. The molecule has 2 rings (SSSR count). The van der Waals surface area contributed by atoms with Crippen LogP contribution in [-0.4, -0.2) is 61.4 Å². The lowest BCUT2D eigenvalue weighted by Gasteiger charge is -2.34. The maximum absolute atomic E-state index is 12.3. The third-order valence-corrected chi connectivity index (χ3v) is 4.21. The highest BCUT2D eigenvalue weighted by Crippen LogP contribution is 2.25. The van der Waals surface area contributed by atoms with Gasteiger partial charge in [-0.15, -0.1) is 0 Å². The molecule has 0 aromatic carbocycles. The van der Waals surface area contributed by atoms with Crippen LogP contribution in [0.2, 0.25) is 0 Å². The van der Waals surface area contributed by atoms with Crippen molar-refractivity contribution in [3.05, 3.63) is 0 Å². The summed E-state index contributed by atoms with van der Waals surface area (Å²) in [5.41, 5.74) is -0.180. The van der Waals surface area contributed by atoms with Gasteiger partial charge in [0.05, 0.1) is 12.2 Å². The SMILES string of the molecule is CC(C)(C)OCCOC(=O)C1CCCN1C1CCNCC1. The fraction of sp³-hybridized carbons (Fsp3) is 0.938. The van der Waals surface area contributed by atoms with Crippen molar-refractivity contribution < 1.29 is 14.3 Å². The monoisotopic (exact) mass is 298 g/mol. The molecule has 2 aliphatic rings. The van der Waals surface area contributed by atoms with Gasteiger partial charge < -0.3 is 14.8 Å². The first-order valence-corrected chi connectivity index (χ1v) is 8.24. The molecule has 0 aromatic heterocycles. The van der Waals surface area contributed by atoms with E-state index in [0.29, 0.717) is 19.3 Å². The molecule has 5 heteroatoms. The van der Waals surface area contributed by atoms with E-state index in [4.69, 9.17) is 9.47 Å². The van der Waals surface area contributed by atoms with Crippen LogP contribution in [0.5, 0.6) is 0 Å². The van der Waals surface area contributed by atoms with Crippen LogP contribution in [0.15, 0.2) is 0 Å². The molecule has 21 heavy (non-hydrogen) atoms. The van der Waals surface area contributed by atoms with E-state index in [9.17, 15) is 4.79 Å². The van der Waals surface area contributed by atoms with Crippen LogP contribution in [0.4, 0.5) is 0 Å². The Balaban J connectivity index is 1.75. The number of nitrogens with one attached hydrogen (secondary N) is 1. The molecule has 2 heterocycles. The molecule has 2 saturated heterocycles. The number of piperidine rings is 1. The van der Waals surface area contributed by atoms with E-state index in [1.165, 1.54) is 0 Å². The molecule has 2 aliphatic heterocycles. The lowest BCUT2D eigenvalue weighted by molar-refractivity contribution is -0.153. The summed E-state index contributed by atoms with van der Waals surface area (Å²) in [6.07, 6.45) is 4.30. The van der Waals surface area contributed by atoms with Crippen LogP contribution < -0.4 is 5.32 Å². The van der Waals surface area contributed by atoms with Gasteiger partial charge in [0.2, 0.25) is 0 Å². The van der Waals surface area contributed by atoms with Gasteiger partial charge in [-0.05, 0) is 66.1 Å². The van der Waals surface area contributed by atoms with Crippen molar-refractivity contribution in [2.75, 3.05) is 32.8 Å². The first kappa shape index (κ1) is 16.7. The molecule has 122 valence electrons. The summed E-state index contributed by atoms with van der Waals surface area (Å²) in [5, 5.41) is 3.38. The largest absolute Gasteiger partial charge is 0.462 e. The van der Waals surface area contributed by atoms with Crippen LogP contribution in [0, 0.1) is 0 Å². The third-order valence-electron chi connectivity index (χ3n) is 4.21. The number of hydrogen-bond donors (Lipinski definition) is 1. The summed E-state index contributed by atoms with van der Waals surface area (Å²) in [6.45, 7) is 9.98. The predicted octanol–water partition coefficient (Wildman–Crippen LogP) is 1.56. The Labute approximate surface area is 128 Å². The van der Waals surface area contributed by atoms with Crippen LogP contribution in [-0.2, 0) is 14.3 Å². The van der Waals surface area contributed by atoms with Crippen molar-refractivity contribution in [3.8, 4) is 0 Å². The minimum Gasteiger partial charge on any atom is -0.462 e. The minimum atomic E-state index is -0.180. The molecule has 1 unspecified atom stereocenters. The molecule has 0 saturated carbocycles. The second-order valence-electron chi connectivity index (χ2n) is 7.01. The van der Waals surface area contributed by atoms with Gasteiger partial charge in [-0.25, -0.2) is 0 Å². The third kappa shape index (κ3) is 5.24. The molecule has 0 radical (unpaired) electrons. The first-order valence-electron chi connectivity index (χ1n) is 8.24. The maximum atomic E-state index is 12.3. The normalized spacial score (nSPS) is 25.2. The molecule has 0 amide bonds. The number of carbonyl (C=O) groups is 1. The van der Waals surface area contributed by atoms with Gasteiger partial charge in [-0.1, -0.05) is 0 Å². The van der Waals surface area contributed by atoms with Crippen LogP contribution >= 0.6 is 0 Å². The average molecular weight is 298 g/mol. The maximum Gasteiger partial charge on any atom is 0.323 e. The minimum absolute atomic E-state index is 0.0391. The smallest absolute Gasteiger partial charge is 0.323 e. The number of esters is 1. The lowest BCUT2D eigenvalue weighted by Crippen LogP contribution is -2.48. The number of hydrogen-bond acceptors (Lipinski definition) is 5. The summed E-state index contributed by atoms with van der Waals surface area (Å²) in [5.74, 6) is -0.0662. The predicted molar refractivity (Wildman–Crippen MR) is 82.3 cm³/mol. The van der Waals surface area contributed by atoms with Crippen molar-refractivity contribution in [1.82, 2.24) is 10.2 Å². The molecule has 1 N–H and O–H groups in total. The number of nitrogens with zero attached hydrogens (tertiary/aromatic N) is 1. The Bertz CT molecular complexity index is 335. The van der Waals surface area contributed by atoms with E-state index in [2.05, 4.69) is 10.2 Å². The fourth-order valence-electron chi connectivity index (χ4n) is 3.20. The second-order valence-corrected chi connectivity index (χ2v) is 7.01. The molecule has 0 aromatic rings. The van der Waals surface area contributed by atoms with Gasteiger partial charge in [0, 0.05) is 6.04 Å². The van der Waals surface area contributed by atoms with E-state index in [-0.39, 0.29) is 17.6 Å². The van der Waals surface area contributed by atoms with Crippen molar-refractivity contribution in [1.29, 1.82) is 0 Å². The standard InChI is InChI=1S/C16H30N2O3/c1-16(2,3)21-12-11-20-15(19)14-5-4-10-18(14)13-6-8-17-9-7-13/h13-14,17H,4-12H2,1-3H3. The quantitative estimate of drug-likeness (QED) is 0.616. The Morgan fingerprint density at radius 3 is 2.57 bits per heavy atom. The Kier molecular flexibility index (Phi) is 6.02. The number of rotatable bonds is 5. The zero-order chi connectivity index (χ0) is 15.3. The van der Waals surface area contributed by atoms with Gasteiger partial charge >= 0.3 is 5.97 Å². The summed E-state index contributed by atoms with van der Waals surface area (Å²) >= 11 is 0. The van der Waals surface area contributed by atoms with Gasteiger partial charge in [0.1, 0.15) is 12.6 Å². The molecule has 1 atom stereocenters. The van der Waals surface area contributed by atoms with Crippen molar-refractivity contribution in [2.45, 2.75) is 64.1 Å². The first-order chi connectivity index (χ1) is 9.97. The van der Waals surface area contributed by atoms with Crippen LogP contribution in [0.3, 0.4) is 0 Å². The van der Waals surface area contributed by atoms with Crippen LogP contribution in [0.1, 0.15) is 46.5 Å². The van der Waals surface area contributed by atoms with E-state index >= 15 is 0 Å². The van der Waals surface area contributed by atoms with Crippen molar-refractivity contribution >= 4 is 5.97 Å². The number of ether oxygens (including phenoxy) is 2. The Morgan fingerprint density at radius 1 is 1.19 bits per heavy atom. The van der Waals surface area contributed by atoms with E-state index in [1.54, 1.807) is 0 Å². The molecule has 0 bridgehead atoms. The molecule has 0 spiro atoms. The molecule has 5 nitrogen and oxygen atoms in total. The Morgan fingerprint density at radius 2 is 1.90 bits per heavy atom. The zero-order valence-corrected chi connectivity index (χ0v) is 13.7. The fourth-order valence-corrected chi connectivity index (χ4v) is 3.20. The highest BCUT2D eigenvalue weighted by atomic mass is 16.6. The average Bonchev–Trinajstić information content (AvgIpc) is 2.93. The summed E-state index contributed by atoms with van der Waals surface area (Å²) in [7, 11) is 0. The van der Waals surface area contributed by atoms with E-state index in [0.717, 1.165) is 45.3 Å². The number of likely N-dealkylation sites (tertiary alicyclic amines) is 1. The topological polar surface area (TPSA) is 50.8 Å². The van der Waals surface area contributed by atoms with Gasteiger partial charge in [0.15, 0.2) is 0 Å². The highest BCUT2D eigenvalue weighted by Gasteiger charge is 2.36. The van der Waals surface area contributed by atoms with E-state index < -0.39 is 0 Å². The molecular weight excluding hydrogens is 268 g/mol. The van der Waals surface area contributed by atoms with Crippen molar-refractivity contribution in [3.63, 3.8) is 0 Å². The van der Waals surface area contributed by atoms with Gasteiger partial charge in [0.25, 0.3) is 0 Å². The summed E-state index contributed by atoms with van der Waals surface area (Å²) in [6, 6.07) is 0.500. The summed E-state index contributed by atoms with van der Waals surface area (Å²) in [4.78, 5) is 14.7. The molecule has 0 aliphatic carbocycles. The molecule has 2 fully saturated rings. The zero-order valence-electron chi connectivity index (χ0n) is 13.7. The highest BCUT2D eigenvalue weighted by molar-refractivity contribution is 5.76. The van der Waals surface area contributed by atoms with Gasteiger partial charge in [-0.2, -0.15) is 0 Å². The van der Waals surface area contributed by atoms with E-state index in [1.807, 2.05) is 20.8 Å². The number of carbonyl (C=O) groups excluding carboxylic acids is 1. The second kappa shape index (κ2) is 7.56. The van der Waals surface area contributed by atoms with Crippen LogP contribution in [0.25, 0.3) is 0 Å². The Hall–Kier alpha value is -0.650.